The van der Waals surface area contributed by atoms with Gasteiger partial charge in [-0.3, -0.25) is 9.59 Å². The van der Waals surface area contributed by atoms with Crippen LogP contribution in [0, 0.1) is 12.8 Å². The summed E-state index contributed by atoms with van der Waals surface area (Å²) in [5.74, 6) is -0.838. The molecule has 0 aliphatic carbocycles. The zero-order valence-corrected chi connectivity index (χ0v) is 14.3. The molecule has 1 rings (SSSR count). The number of halogens is 1. The minimum Gasteiger partial charge on any atom is -0.348 e. The average Bonchev–Trinajstić information content (AvgIpc) is 2.51. The third kappa shape index (κ3) is 5.68. The lowest BCUT2D eigenvalue weighted by Crippen LogP contribution is -2.38. The molecule has 5 heteroatoms. The van der Waals surface area contributed by atoms with Crippen LogP contribution in [0.4, 0.5) is 5.69 Å². The van der Waals surface area contributed by atoms with E-state index < -0.39 is 11.8 Å². The topological polar surface area (TPSA) is 58.2 Å². The van der Waals surface area contributed by atoms with Gasteiger partial charge in [-0.05, 0) is 37.0 Å². The molecular formula is C17H25ClN2O2. The molecule has 0 saturated heterocycles. The monoisotopic (exact) mass is 324 g/mol. The normalized spacial score (nSPS) is 11.8. The predicted molar refractivity (Wildman–Crippen MR) is 91.1 cm³/mol. The first kappa shape index (κ1) is 18.5. The Balaban J connectivity index is 2.51. The summed E-state index contributed by atoms with van der Waals surface area (Å²) in [6.07, 6.45) is 4.35. The van der Waals surface area contributed by atoms with Gasteiger partial charge in [0.1, 0.15) is 0 Å². The van der Waals surface area contributed by atoms with Crippen LogP contribution in [-0.2, 0) is 9.59 Å². The van der Waals surface area contributed by atoms with Crippen molar-refractivity contribution in [1.29, 1.82) is 0 Å². The zero-order valence-electron chi connectivity index (χ0n) is 13.5. The highest BCUT2D eigenvalue weighted by Gasteiger charge is 2.16. The average molecular weight is 325 g/mol. The second-order valence-electron chi connectivity index (χ2n) is 5.49. The molecule has 2 N–H and O–H groups in total. The van der Waals surface area contributed by atoms with Crippen LogP contribution in [-0.4, -0.2) is 18.4 Å². The van der Waals surface area contributed by atoms with Gasteiger partial charge in [-0.2, -0.15) is 0 Å². The lowest BCUT2D eigenvalue weighted by Gasteiger charge is -2.15. The Morgan fingerprint density at radius 1 is 1.23 bits per heavy atom. The van der Waals surface area contributed by atoms with Crippen molar-refractivity contribution in [2.45, 2.75) is 46.5 Å². The molecule has 0 spiro atoms. The van der Waals surface area contributed by atoms with E-state index in [4.69, 9.17) is 11.6 Å². The number of rotatable bonds is 7. The Bertz CT molecular complexity index is 517. The van der Waals surface area contributed by atoms with Crippen molar-refractivity contribution in [1.82, 2.24) is 5.32 Å². The van der Waals surface area contributed by atoms with Crippen molar-refractivity contribution in [2.24, 2.45) is 5.92 Å². The van der Waals surface area contributed by atoms with E-state index in [0.29, 0.717) is 23.2 Å². The fourth-order valence-corrected chi connectivity index (χ4v) is 2.36. The lowest BCUT2D eigenvalue weighted by atomic mass is 9.99. The smallest absolute Gasteiger partial charge is 0.313 e. The zero-order chi connectivity index (χ0) is 16.5. The third-order valence-electron chi connectivity index (χ3n) is 3.82. The Morgan fingerprint density at radius 2 is 1.95 bits per heavy atom. The molecule has 0 aliphatic rings. The summed E-state index contributed by atoms with van der Waals surface area (Å²) in [7, 11) is 0. The van der Waals surface area contributed by atoms with E-state index in [9.17, 15) is 9.59 Å². The van der Waals surface area contributed by atoms with E-state index in [1.165, 1.54) is 0 Å². The van der Waals surface area contributed by atoms with Gasteiger partial charge >= 0.3 is 11.8 Å². The molecule has 0 bridgehead atoms. The molecule has 0 aliphatic heterocycles. The Hall–Kier alpha value is -1.55. The molecule has 0 fully saturated rings. The first-order valence-corrected chi connectivity index (χ1v) is 8.21. The van der Waals surface area contributed by atoms with Crippen LogP contribution < -0.4 is 10.6 Å². The van der Waals surface area contributed by atoms with Crippen molar-refractivity contribution >= 4 is 29.1 Å². The number of nitrogens with one attached hydrogen (secondary N) is 2. The van der Waals surface area contributed by atoms with E-state index in [-0.39, 0.29) is 0 Å². The Morgan fingerprint density at radius 3 is 2.59 bits per heavy atom. The standard InChI is InChI=1S/C17H25ClN2O2/c1-4-6-8-13(5-2)11-19-16(21)17(22)20-15-10-7-9-14(18)12(15)3/h7,9-10,13H,4-6,8,11H2,1-3H3,(H,19,21)(H,20,22). The van der Waals surface area contributed by atoms with E-state index >= 15 is 0 Å². The molecule has 4 nitrogen and oxygen atoms in total. The number of hydrogen-bond donors (Lipinski definition) is 2. The van der Waals surface area contributed by atoms with Gasteiger partial charge < -0.3 is 10.6 Å². The first-order valence-electron chi connectivity index (χ1n) is 7.83. The number of benzene rings is 1. The maximum atomic E-state index is 11.9. The molecule has 1 unspecified atom stereocenters. The van der Waals surface area contributed by atoms with Crippen LogP contribution in [0.2, 0.25) is 5.02 Å². The number of carbonyl (C=O) groups excluding carboxylic acids is 2. The van der Waals surface area contributed by atoms with Gasteiger partial charge in [-0.15, -0.1) is 0 Å². The van der Waals surface area contributed by atoms with Crippen LogP contribution >= 0.6 is 11.6 Å². The van der Waals surface area contributed by atoms with Crippen molar-refractivity contribution < 1.29 is 9.59 Å². The summed E-state index contributed by atoms with van der Waals surface area (Å²) in [6, 6.07) is 5.20. The van der Waals surface area contributed by atoms with Gasteiger partial charge in [0.25, 0.3) is 0 Å². The van der Waals surface area contributed by atoms with Crippen molar-refractivity contribution in [3.63, 3.8) is 0 Å². The van der Waals surface area contributed by atoms with Crippen molar-refractivity contribution in [3.05, 3.63) is 28.8 Å². The van der Waals surface area contributed by atoms with Gasteiger partial charge in [0, 0.05) is 17.3 Å². The quantitative estimate of drug-likeness (QED) is 0.747. The number of anilines is 1. The number of carbonyl (C=O) groups is 2. The van der Waals surface area contributed by atoms with E-state index in [1.54, 1.807) is 25.1 Å². The molecule has 1 atom stereocenters. The molecule has 0 heterocycles. The van der Waals surface area contributed by atoms with Gasteiger partial charge in [0.05, 0.1) is 0 Å². The third-order valence-corrected chi connectivity index (χ3v) is 4.23. The molecule has 0 saturated carbocycles. The van der Waals surface area contributed by atoms with Gasteiger partial charge in [0.2, 0.25) is 0 Å². The highest BCUT2D eigenvalue weighted by molar-refractivity contribution is 6.40. The summed E-state index contributed by atoms with van der Waals surface area (Å²) in [4.78, 5) is 23.8. The molecule has 1 aromatic rings. The maximum absolute atomic E-state index is 11.9. The highest BCUT2D eigenvalue weighted by atomic mass is 35.5. The van der Waals surface area contributed by atoms with Gasteiger partial charge in [-0.25, -0.2) is 0 Å². The van der Waals surface area contributed by atoms with Gasteiger partial charge in [0.15, 0.2) is 0 Å². The SMILES string of the molecule is CCCCC(CC)CNC(=O)C(=O)Nc1cccc(Cl)c1C. The summed E-state index contributed by atoms with van der Waals surface area (Å²) in [5, 5.41) is 5.87. The molecule has 1 aromatic carbocycles. The molecule has 122 valence electrons. The van der Waals surface area contributed by atoms with E-state index in [1.807, 2.05) is 0 Å². The van der Waals surface area contributed by atoms with Gasteiger partial charge in [-0.1, -0.05) is 50.8 Å². The van der Waals surface area contributed by atoms with E-state index in [0.717, 1.165) is 31.2 Å². The minimum absolute atomic E-state index is 0.421. The van der Waals surface area contributed by atoms with Crippen LogP contribution in [0.25, 0.3) is 0 Å². The van der Waals surface area contributed by atoms with Crippen molar-refractivity contribution in [3.8, 4) is 0 Å². The number of hydrogen-bond acceptors (Lipinski definition) is 2. The summed E-state index contributed by atoms with van der Waals surface area (Å²) in [6.45, 7) is 6.58. The highest BCUT2D eigenvalue weighted by Crippen LogP contribution is 2.22. The lowest BCUT2D eigenvalue weighted by molar-refractivity contribution is -0.136. The van der Waals surface area contributed by atoms with E-state index in [2.05, 4.69) is 24.5 Å². The van der Waals surface area contributed by atoms with Crippen LogP contribution in [0.15, 0.2) is 18.2 Å². The second kappa shape index (κ2) is 9.46. The fraction of sp³-hybridized carbons (Fsp3) is 0.529. The Labute approximate surface area is 137 Å². The molecule has 22 heavy (non-hydrogen) atoms. The summed E-state index contributed by atoms with van der Waals surface area (Å²) in [5.41, 5.74) is 1.31. The Kier molecular flexibility index (Phi) is 7.96. The summed E-state index contributed by atoms with van der Waals surface area (Å²) >= 11 is 6.00. The van der Waals surface area contributed by atoms with Crippen molar-refractivity contribution in [2.75, 3.05) is 11.9 Å². The maximum Gasteiger partial charge on any atom is 0.313 e. The minimum atomic E-state index is -0.657. The summed E-state index contributed by atoms with van der Waals surface area (Å²) < 4.78 is 0. The molecule has 2 amide bonds. The number of amides is 2. The molecular weight excluding hydrogens is 300 g/mol. The van der Waals surface area contributed by atoms with Crippen LogP contribution in [0.1, 0.15) is 45.1 Å². The van der Waals surface area contributed by atoms with Crippen LogP contribution in [0.5, 0.6) is 0 Å². The molecule has 0 radical (unpaired) electrons. The number of unbranched alkanes of at least 4 members (excludes halogenated alkanes) is 1. The second-order valence-corrected chi connectivity index (χ2v) is 5.90. The van der Waals surface area contributed by atoms with Crippen LogP contribution in [0.3, 0.4) is 0 Å². The largest absolute Gasteiger partial charge is 0.348 e. The predicted octanol–water partition coefficient (Wildman–Crippen LogP) is 3.92. The molecule has 0 aromatic heterocycles. The first-order chi connectivity index (χ1) is 10.5. The fourth-order valence-electron chi connectivity index (χ4n) is 2.18.